The zero-order chi connectivity index (χ0) is 15.7. The molecule has 3 rings (SSSR count). The molecule has 0 aliphatic carbocycles. The molecule has 0 amide bonds. The van der Waals surface area contributed by atoms with Crippen molar-refractivity contribution in [3.05, 3.63) is 60.1 Å². The lowest BCUT2D eigenvalue weighted by Gasteiger charge is -2.02. The van der Waals surface area contributed by atoms with Crippen LogP contribution in [0.2, 0.25) is 0 Å². The molecule has 1 aromatic carbocycles. The lowest BCUT2D eigenvalue weighted by Crippen LogP contribution is -2.03. The number of nitrogens with zero attached hydrogens (tertiary/aromatic N) is 3. The lowest BCUT2D eigenvalue weighted by molar-refractivity contribution is -0.384. The maximum atomic E-state index is 11.3. The number of aromatic nitrogens is 1. The van der Waals surface area contributed by atoms with Crippen LogP contribution in [0, 0.1) is 10.1 Å². The van der Waals surface area contributed by atoms with Crippen molar-refractivity contribution in [2.75, 3.05) is 0 Å². The van der Waals surface area contributed by atoms with E-state index in [0.29, 0.717) is 26.8 Å². The van der Waals surface area contributed by atoms with E-state index in [9.17, 15) is 14.9 Å². The first kappa shape index (κ1) is 14.4. The van der Waals surface area contributed by atoms with E-state index >= 15 is 0 Å². The van der Waals surface area contributed by atoms with E-state index in [1.165, 1.54) is 18.3 Å². The summed E-state index contributed by atoms with van der Waals surface area (Å²) >= 11 is 5.21. The van der Waals surface area contributed by atoms with Crippen molar-refractivity contribution in [1.29, 1.82) is 0 Å². The summed E-state index contributed by atoms with van der Waals surface area (Å²) in [5, 5.41) is 19.2. The predicted octanol–water partition coefficient (Wildman–Crippen LogP) is 2.51. The topological polar surface area (TPSA) is 101 Å². The molecular formula is C13H8N4O3S2. The summed E-state index contributed by atoms with van der Waals surface area (Å²) in [5.41, 5.74) is 1.73. The summed E-state index contributed by atoms with van der Waals surface area (Å²) in [7, 11) is 0. The molecule has 0 saturated carbocycles. The number of thiol groups is 1. The Bertz CT molecular complexity index is 908. The van der Waals surface area contributed by atoms with Crippen molar-refractivity contribution in [2.45, 2.75) is 5.03 Å². The molecule has 110 valence electrons. The molecule has 7 nitrogen and oxygen atoms in total. The van der Waals surface area contributed by atoms with Crippen LogP contribution in [0.25, 0.3) is 6.08 Å². The zero-order valence-electron chi connectivity index (χ0n) is 10.9. The highest BCUT2D eigenvalue weighted by Crippen LogP contribution is 2.23. The van der Waals surface area contributed by atoms with Crippen LogP contribution in [0.1, 0.15) is 10.4 Å². The van der Waals surface area contributed by atoms with Crippen LogP contribution in [0.15, 0.2) is 49.9 Å². The van der Waals surface area contributed by atoms with Gasteiger partial charge in [-0.2, -0.15) is 5.10 Å². The van der Waals surface area contributed by atoms with Gasteiger partial charge < -0.3 is 4.98 Å². The normalized spacial score (nSPS) is 15.3. The number of nitrogens with one attached hydrogen (secondary N) is 1. The Balaban J connectivity index is 2.01. The second-order valence-corrected chi connectivity index (χ2v) is 5.79. The van der Waals surface area contributed by atoms with E-state index in [2.05, 4.69) is 27.8 Å². The molecule has 9 heteroatoms. The fourth-order valence-electron chi connectivity index (χ4n) is 1.94. The van der Waals surface area contributed by atoms with Crippen molar-refractivity contribution >= 4 is 47.7 Å². The third-order valence-corrected chi connectivity index (χ3v) is 4.23. The molecule has 1 aliphatic rings. The summed E-state index contributed by atoms with van der Waals surface area (Å²) in [6.07, 6.45) is 3.25. The summed E-state index contributed by atoms with van der Waals surface area (Å²) in [4.78, 5) is 24.7. The number of nitro benzene ring substituents is 1. The maximum absolute atomic E-state index is 11.3. The third-order valence-electron chi connectivity index (χ3n) is 2.90. The number of benzene rings is 1. The van der Waals surface area contributed by atoms with Gasteiger partial charge in [0.15, 0.2) is 0 Å². The fraction of sp³-hybridized carbons (Fsp3) is 0. The van der Waals surface area contributed by atoms with Crippen LogP contribution in [0.4, 0.5) is 5.69 Å². The highest BCUT2D eigenvalue weighted by molar-refractivity contribution is 7.80. The Kier molecular flexibility index (Phi) is 3.73. The van der Waals surface area contributed by atoms with Gasteiger partial charge in [-0.25, -0.2) is 0 Å². The van der Waals surface area contributed by atoms with Crippen molar-refractivity contribution in [3.8, 4) is 0 Å². The fourth-order valence-corrected chi connectivity index (χ4v) is 3.00. The minimum absolute atomic E-state index is 0.0207. The number of hydrogen-bond acceptors (Lipinski definition) is 7. The molecule has 2 aromatic rings. The summed E-state index contributed by atoms with van der Waals surface area (Å²) in [5.74, 6) is 0. The van der Waals surface area contributed by atoms with Gasteiger partial charge in [0.05, 0.1) is 21.0 Å². The molecule has 1 aromatic heterocycles. The van der Waals surface area contributed by atoms with Gasteiger partial charge in [-0.15, -0.1) is 17.7 Å². The molecule has 1 N–H and O–H groups in total. The molecule has 0 radical (unpaired) electrons. The van der Waals surface area contributed by atoms with Crippen molar-refractivity contribution in [1.82, 2.24) is 4.98 Å². The first-order valence-electron chi connectivity index (χ1n) is 6.04. The number of thiazole rings is 1. The van der Waals surface area contributed by atoms with E-state index < -0.39 is 4.92 Å². The van der Waals surface area contributed by atoms with Gasteiger partial charge in [-0.1, -0.05) is 23.5 Å². The van der Waals surface area contributed by atoms with E-state index in [1.54, 1.807) is 18.2 Å². The minimum Gasteiger partial charge on any atom is -0.307 e. The number of nitro groups is 1. The van der Waals surface area contributed by atoms with Gasteiger partial charge in [0, 0.05) is 23.3 Å². The molecule has 1 aliphatic heterocycles. The number of hydrogen-bond donors (Lipinski definition) is 2. The third kappa shape index (κ3) is 2.76. The van der Waals surface area contributed by atoms with Crippen LogP contribution in [-0.4, -0.2) is 21.8 Å². The number of aromatic amines is 1. The van der Waals surface area contributed by atoms with E-state index in [0.717, 1.165) is 11.3 Å². The first-order valence-corrected chi connectivity index (χ1v) is 7.31. The Morgan fingerprint density at radius 3 is 2.91 bits per heavy atom. The quantitative estimate of drug-likeness (QED) is 0.513. The second-order valence-electron chi connectivity index (χ2n) is 4.33. The molecule has 0 unspecified atom stereocenters. The smallest absolute Gasteiger partial charge is 0.305 e. The number of non-ortho nitro benzene ring substituents is 1. The number of rotatable bonds is 3. The largest absolute Gasteiger partial charge is 0.307 e. The summed E-state index contributed by atoms with van der Waals surface area (Å²) in [6, 6.07) is 6.15. The van der Waals surface area contributed by atoms with Crippen LogP contribution < -0.4 is 4.87 Å². The highest BCUT2D eigenvalue weighted by Gasteiger charge is 2.17. The van der Waals surface area contributed by atoms with E-state index in [-0.39, 0.29) is 10.6 Å². The Morgan fingerprint density at radius 2 is 2.23 bits per heavy atom. The SMILES string of the molecule is O=c1[nH]c(S)c(/C=C2/C=NN=C2c2cccc([N+](=O)[O-])c2)s1. The number of allylic oxidation sites excluding steroid dienone is 1. The number of H-pyrrole nitrogens is 1. The molecule has 2 heterocycles. The molecule has 0 saturated heterocycles. The van der Waals surface area contributed by atoms with Gasteiger partial charge in [-0.3, -0.25) is 14.9 Å². The van der Waals surface area contributed by atoms with E-state index in [1.807, 2.05) is 0 Å². The lowest BCUT2D eigenvalue weighted by atomic mass is 10.0. The van der Waals surface area contributed by atoms with Gasteiger partial charge in [0.1, 0.15) is 5.71 Å². The highest BCUT2D eigenvalue weighted by atomic mass is 32.1. The Hall–Kier alpha value is -2.52. The molecule has 0 fully saturated rings. The van der Waals surface area contributed by atoms with Crippen LogP contribution in [0.3, 0.4) is 0 Å². The van der Waals surface area contributed by atoms with Crippen molar-refractivity contribution < 1.29 is 4.92 Å². The molecule has 0 bridgehead atoms. The van der Waals surface area contributed by atoms with Crippen LogP contribution in [-0.2, 0) is 0 Å². The van der Waals surface area contributed by atoms with Crippen LogP contribution in [0.5, 0.6) is 0 Å². The van der Waals surface area contributed by atoms with E-state index in [4.69, 9.17) is 0 Å². The van der Waals surface area contributed by atoms with Crippen molar-refractivity contribution in [2.24, 2.45) is 10.2 Å². The summed E-state index contributed by atoms with van der Waals surface area (Å²) < 4.78 is 0. The van der Waals surface area contributed by atoms with Gasteiger partial charge in [0.25, 0.3) is 5.69 Å². The van der Waals surface area contributed by atoms with Gasteiger partial charge in [-0.05, 0) is 6.08 Å². The molecule has 0 atom stereocenters. The molecular weight excluding hydrogens is 324 g/mol. The second kappa shape index (κ2) is 5.70. The zero-order valence-corrected chi connectivity index (χ0v) is 12.6. The van der Waals surface area contributed by atoms with Crippen molar-refractivity contribution in [3.63, 3.8) is 0 Å². The van der Waals surface area contributed by atoms with Gasteiger partial charge in [0.2, 0.25) is 0 Å². The monoisotopic (exact) mass is 332 g/mol. The summed E-state index contributed by atoms with van der Waals surface area (Å²) in [6.45, 7) is 0. The van der Waals surface area contributed by atoms with Gasteiger partial charge >= 0.3 is 4.87 Å². The maximum Gasteiger partial charge on any atom is 0.305 e. The molecule has 22 heavy (non-hydrogen) atoms. The predicted molar refractivity (Wildman–Crippen MR) is 88.3 cm³/mol. The Labute approximate surface area is 133 Å². The average Bonchev–Trinajstić information content (AvgIpc) is 3.06. The Morgan fingerprint density at radius 1 is 1.41 bits per heavy atom. The average molecular weight is 332 g/mol. The first-order chi connectivity index (χ1) is 10.5. The minimum atomic E-state index is -0.465. The standard InChI is InChI=1S/C13H8N4O3S2/c18-13-15-12(21)10(22-13)5-8-6-14-16-11(8)7-2-1-3-9(4-7)17(19)20/h1-6,21H,(H,15,18)/b8-5-. The van der Waals surface area contributed by atoms with Crippen LogP contribution >= 0.6 is 24.0 Å². The molecule has 0 spiro atoms.